The van der Waals surface area contributed by atoms with E-state index in [9.17, 15) is 0 Å². The third-order valence-corrected chi connectivity index (χ3v) is 4.85. The SMILES string of the molecule is COC1(C(NN)C2CC2c2ccccc2)CCC1. The van der Waals surface area contributed by atoms with E-state index >= 15 is 0 Å². The van der Waals surface area contributed by atoms with E-state index in [-0.39, 0.29) is 5.60 Å². The van der Waals surface area contributed by atoms with E-state index in [1.807, 2.05) is 7.11 Å². The maximum atomic E-state index is 5.80. The van der Waals surface area contributed by atoms with Gasteiger partial charge < -0.3 is 4.74 Å². The Balaban J connectivity index is 1.72. The minimum Gasteiger partial charge on any atom is -0.377 e. The maximum absolute atomic E-state index is 5.80. The smallest absolute Gasteiger partial charge is 0.0847 e. The number of benzene rings is 1. The summed E-state index contributed by atoms with van der Waals surface area (Å²) >= 11 is 0. The molecule has 3 N–H and O–H groups in total. The Morgan fingerprint density at radius 1 is 1.33 bits per heavy atom. The summed E-state index contributed by atoms with van der Waals surface area (Å²) < 4.78 is 5.77. The number of rotatable bonds is 5. The standard InChI is InChI=1S/C15H22N2O/c1-18-15(8-5-9-15)14(17-16)13-10-12(13)11-6-3-2-4-7-11/h2-4,6-7,12-14,17H,5,8-10,16H2,1H3. The topological polar surface area (TPSA) is 47.3 Å². The van der Waals surface area contributed by atoms with Crippen molar-refractivity contribution >= 4 is 0 Å². The van der Waals surface area contributed by atoms with Crippen molar-refractivity contribution in [1.82, 2.24) is 5.43 Å². The second-order valence-electron chi connectivity index (χ2n) is 5.68. The van der Waals surface area contributed by atoms with Gasteiger partial charge in [0.1, 0.15) is 0 Å². The minimum atomic E-state index is -0.0110. The lowest BCUT2D eigenvalue weighted by Gasteiger charge is -2.46. The van der Waals surface area contributed by atoms with Crippen molar-refractivity contribution in [1.29, 1.82) is 0 Å². The van der Waals surface area contributed by atoms with Crippen LogP contribution in [-0.2, 0) is 4.74 Å². The first-order valence-corrected chi connectivity index (χ1v) is 6.87. The van der Waals surface area contributed by atoms with Crippen molar-refractivity contribution in [2.24, 2.45) is 11.8 Å². The zero-order valence-electron chi connectivity index (χ0n) is 10.9. The van der Waals surface area contributed by atoms with E-state index < -0.39 is 0 Å². The molecule has 2 fully saturated rings. The van der Waals surface area contributed by atoms with Gasteiger partial charge in [-0.3, -0.25) is 11.3 Å². The Kier molecular flexibility index (Phi) is 3.14. The van der Waals surface area contributed by atoms with Gasteiger partial charge in [0, 0.05) is 7.11 Å². The fraction of sp³-hybridized carbons (Fsp3) is 0.600. The van der Waals surface area contributed by atoms with E-state index in [0.29, 0.717) is 17.9 Å². The van der Waals surface area contributed by atoms with Crippen molar-refractivity contribution in [2.75, 3.05) is 7.11 Å². The number of hydrazine groups is 1. The third kappa shape index (κ3) is 1.87. The highest BCUT2D eigenvalue weighted by Crippen LogP contribution is 2.54. The average molecular weight is 246 g/mol. The summed E-state index contributed by atoms with van der Waals surface area (Å²) in [7, 11) is 1.82. The van der Waals surface area contributed by atoms with Gasteiger partial charge in [-0.25, -0.2) is 0 Å². The van der Waals surface area contributed by atoms with Crippen LogP contribution in [-0.4, -0.2) is 18.8 Å². The monoisotopic (exact) mass is 246 g/mol. The summed E-state index contributed by atoms with van der Waals surface area (Å²) in [6.45, 7) is 0. The number of nitrogens with one attached hydrogen (secondary N) is 1. The van der Waals surface area contributed by atoms with Crippen LogP contribution in [0.4, 0.5) is 0 Å². The van der Waals surface area contributed by atoms with Gasteiger partial charge in [-0.2, -0.15) is 0 Å². The summed E-state index contributed by atoms with van der Waals surface area (Å²) in [5.74, 6) is 7.07. The lowest BCUT2D eigenvalue weighted by Crippen LogP contribution is -2.59. The van der Waals surface area contributed by atoms with Crippen LogP contribution in [0, 0.1) is 5.92 Å². The zero-order valence-corrected chi connectivity index (χ0v) is 10.9. The molecule has 0 radical (unpaired) electrons. The highest BCUT2D eigenvalue weighted by molar-refractivity contribution is 5.28. The Hall–Kier alpha value is -0.900. The fourth-order valence-corrected chi connectivity index (χ4v) is 3.50. The van der Waals surface area contributed by atoms with Gasteiger partial charge in [0.05, 0.1) is 11.6 Å². The van der Waals surface area contributed by atoms with Crippen molar-refractivity contribution in [2.45, 2.75) is 43.2 Å². The number of hydrogen-bond acceptors (Lipinski definition) is 3. The number of methoxy groups -OCH3 is 1. The molecule has 3 heteroatoms. The van der Waals surface area contributed by atoms with E-state index in [4.69, 9.17) is 10.6 Å². The van der Waals surface area contributed by atoms with Crippen LogP contribution in [0.1, 0.15) is 37.2 Å². The molecule has 0 spiro atoms. The van der Waals surface area contributed by atoms with Gasteiger partial charge in [0.25, 0.3) is 0 Å². The largest absolute Gasteiger partial charge is 0.377 e. The molecule has 0 aromatic heterocycles. The van der Waals surface area contributed by atoms with Gasteiger partial charge in [-0.15, -0.1) is 0 Å². The first kappa shape index (κ1) is 12.2. The molecule has 2 aliphatic rings. The number of nitrogens with two attached hydrogens (primary N) is 1. The van der Waals surface area contributed by atoms with Gasteiger partial charge in [-0.05, 0) is 43.1 Å². The average Bonchev–Trinajstić information content (AvgIpc) is 3.14. The van der Waals surface area contributed by atoms with Crippen molar-refractivity contribution in [3.63, 3.8) is 0 Å². The fourth-order valence-electron chi connectivity index (χ4n) is 3.50. The van der Waals surface area contributed by atoms with Crippen LogP contribution < -0.4 is 11.3 Å². The first-order valence-electron chi connectivity index (χ1n) is 6.87. The highest BCUT2D eigenvalue weighted by atomic mass is 16.5. The highest BCUT2D eigenvalue weighted by Gasteiger charge is 2.54. The molecule has 18 heavy (non-hydrogen) atoms. The van der Waals surface area contributed by atoms with E-state index in [1.165, 1.54) is 18.4 Å². The Labute approximate surface area is 109 Å². The maximum Gasteiger partial charge on any atom is 0.0847 e. The second-order valence-corrected chi connectivity index (χ2v) is 5.68. The molecule has 1 aromatic carbocycles. The molecule has 3 unspecified atom stereocenters. The molecule has 3 rings (SSSR count). The van der Waals surface area contributed by atoms with Crippen LogP contribution >= 0.6 is 0 Å². The summed E-state index contributed by atoms with van der Waals surface area (Å²) in [5, 5.41) is 0. The zero-order chi connectivity index (χ0) is 12.6. The molecule has 0 amide bonds. The van der Waals surface area contributed by atoms with Gasteiger partial charge in [0.15, 0.2) is 0 Å². The normalized spacial score (nSPS) is 30.6. The van der Waals surface area contributed by atoms with Crippen molar-refractivity contribution in [3.05, 3.63) is 35.9 Å². The minimum absolute atomic E-state index is 0.0110. The first-order chi connectivity index (χ1) is 8.80. The van der Waals surface area contributed by atoms with Gasteiger partial charge >= 0.3 is 0 Å². The summed E-state index contributed by atoms with van der Waals surface area (Å²) in [4.78, 5) is 0. The Bertz CT molecular complexity index is 397. The predicted molar refractivity (Wildman–Crippen MR) is 72.0 cm³/mol. The molecule has 0 bridgehead atoms. The van der Waals surface area contributed by atoms with Crippen LogP contribution in [0.2, 0.25) is 0 Å². The molecule has 0 saturated heterocycles. The van der Waals surface area contributed by atoms with E-state index in [2.05, 4.69) is 35.8 Å². The molecular formula is C15H22N2O. The Morgan fingerprint density at radius 2 is 2.06 bits per heavy atom. The lowest BCUT2D eigenvalue weighted by atomic mass is 9.72. The van der Waals surface area contributed by atoms with Crippen molar-refractivity contribution < 1.29 is 4.74 Å². The van der Waals surface area contributed by atoms with Crippen LogP contribution in [0.15, 0.2) is 30.3 Å². The Morgan fingerprint density at radius 3 is 2.56 bits per heavy atom. The van der Waals surface area contributed by atoms with E-state index in [1.54, 1.807) is 0 Å². The molecule has 3 nitrogen and oxygen atoms in total. The number of hydrogen-bond donors (Lipinski definition) is 2. The summed E-state index contributed by atoms with van der Waals surface area (Å²) in [6.07, 6.45) is 4.76. The van der Waals surface area contributed by atoms with Crippen molar-refractivity contribution in [3.8, 4) is 0 Å². The number of ether oxygens (including phenoxy) is 1. The summed E-state index contributed by atoms with van der Waals surface area (Å²) in [5.41, 5.74) is 4.46. The van der Waals surface area contributed by atoms with Gasteiger partial charge in [0.2, 0.25) is 0 Å². The lowest BCUT2D eigenvalue weighted by molar-refractivity contribution is -0.104. The molecule has 0 aliphatic heterocycles. The van der Waals surface area contributed by atoms with Gasteiger partial charge in [-0.1, -0.05) is 30.3 Å². The predicted octanol–water partition coefficient (Wildman–Crippen LogP) is 2.19. The molecule has 98 valence electrons. The molecular weight excluding hydrogens is 224 g/mol. The molecule has 2 saturated carbocycles. The second kappa shape index (κ2) is 4.65. The van der Waals surface area contributed by atoms with Crippen LogP contribution in [0.25, 0.3) is 0 Å². The summed E-state index contributed by atoms with van der Waals surface area (Å²) in [6, 6.07) is 11.0. The van der Waals surface area contributed by atoms with Crippen LogP contribution in [0.3, 0.4) is 0 Å². The van der Waals surface area contributed by atoms with Crippen LogP contribution in [0.5, 0.6) is 0 Å². The molecule has 0 heterocycles. The third-order valence-electron chi connectivity index (χ3n) is 4.85. The molecule has 2 aliphatic carbocycles. The quantitative estimate of drug-likeness (QED) is 0.618. The van der Waals surface area contributed by atoms with E-state index in [0.717, 1.165) is 12.8 Å². The molecule has 1 aromatic rings. The molecule has 3 atom stereocenters.